The Kier molecular flexibility index (Phi) is 9.92. The predicted molar refractivity (Wildman–Crippen MR) is 97.5 cm³/mol. The van der Waals surface area contributed by atoms with Gasteiger partial charge < -0.3 is 15.2 Å². The number of ether oxygens (including phenoxy) is 2. The van der Waals surface area contributed by atoms with Crippen molar-refractivity contribution in [1.29, 1.82) is 0 Å². The number of para-hydroxylation sites is 2. The van der Waals surface area contributed by atoms with Gasteiger partial charge in [-0.2, -0.15) is 0 Å². The molecule has 0 aromatic heterocycles. The fourth-order valence-electron chi connectivity index (χ4n) is 2.21. The maximum Gasteiger partial charge on any atom is 0.161 e. The topological polar surface area (TPSA) is 44.5 Å². The molecule has 0 unspecified atom stereocenters. The van der Waals surface area contributed by atoms with Crippen LogP contribution in [0.3, 0.4) is 0 Å². The molecular formula is C19H26ClNO2. The lowest BCUT2D eigenvalue weighted by molar-refractivity contribution is 0.257. The SMILES string of the molecule is Cl.NCCCCCCOc1ccccc1OCc1ccccc1. The molecule has 126 valence electrons. The van der Waals surface area contributed by atoms with Crippen LogP contribution in [0.15, 0.2) is 54.6 Å². The molecule has 0 saturated carbocycles. The van der Waals surface area contributed by atoms with Crippen molar-refractivity contribution in [3.63, 3.8) is 0 Å². The average Bonchev–Trinajstić information content (AvgIpc) is 2.58. The molecule has 0 fully saturated rings. The number of nitrogens with two attached hydrogens (primary N) is 1. The van der Waals surface area contributed by atoms with Gasteiger partial charge in [0.2, 0.25) is 0 Å². The summed E-state index contributed by atoms with van der Waals surface area (Å²) in [6.45, 7) is 2.05. The van der Waals surface area contributed by atoms with Gasteiger partial charge in [-0.25, -0.2) is 0 Å². The van der Waals surface area contributed by atoms with E-state index in [9.17, 15) is 0 Å². The van der Waals surface area contributed by atoms with Gasteiger partial charge in [-0.1, -0.05) is 55.3 Å². The normalized spacial score (nSPS) is 9.96. The summed E-state index contributed by atoms with van der Waals surface area (Å²) in [5, 5.41) is 0. The Morgan fingerprint density at radius 1 is 0.696 bits per heavy atom. The second-order valence-electron chi connectivity index (χ2n) is 5.27. The quantitative estimate of drug-likeness (QED) is 0.646. The van der Waals surface area contributed by atoms with Crippen molar-refractivity contribution in [3.05, 3.63) is 60.2 Å². The molecule has 0 radical (unpaired) electrons. The maximum atomic E-state index is 5.88. The van der Waals surface area contributed by atoms with Crippen LogP contribution in [0.1, 0.15) is 31.2 Å². The minimum atomic E-state index is 0. The van der Waals surface area contributed by atoms with Crippen LogP contribution in [0, 0.1) is 0 Å². The molecule has 2 aromatic carbocycles. The van der Waals surface area contributed by atoms with E-state index >= 15 is 0 Å². The summed E-state index contributed by atoms with van der Waals surface area (Å²) < 4.78 is 11.7. The van der Waals surface area contributed by atoms with Crippen LogP contribution < -0.4 is 15.2 Å². The number of rotatable bonds is 10. The monoisotopic (exact) mass is 335 g/mol. The first-order valence-corrected chi connectivity index (χ1v) is 7.99. The third-order valence-electron chi connectivity index (χ3n) is 3.44. The van der Waals surface area contributed by atoms with E-state index in [-0.39, 0.29) is 12.4 Å². The van der Waals surface area contributed by atoms with Crippen LogP contribution in [0.25, 0.3) is 0 Å². The first-order valence-electron chi connectivity index (χ1n) is 7.99. The number of hydrogen-bond donors (Lipinski definition) is 1. The molecule has 0 bridgehead atoms. The van der Waals surface area contributed by atoms with Crippen LogP contribution in [-0.4, -0.2) is 13.2 Å². The van der Waals surface area contributed by atoms with Gasteiger partial charge in [0.25, 0.3) is 0 Å². The van der Waals surface area contributed by atoms with Gasteiger partial charge in [-0.3, -0.25) is 0 Å². The van der Waals surface area contributed by atoms with E-state index in [0.29, 0.717) is 6.61 Å². The fourth-order valence-corrected chi connectivity index (χ4v) is 2.21. The zero-order valence-electron chi connectivity index (χ0n) is 13.4. The minimum Gasteiger partial charge on any atom is -0.490 e. The van der Waals surface area contributed by atoms with E-state index < -0.39 is 0 Å². The molecule has 0 aliphatic rings. The second-order valence-corrected chi connectivity index (χ2v) is 5.27. The lowest BCUT2D eigenvalue weighted by Gasteiger charge is -2.12. The summed E-state index contributed by atoms with van der Waals surface area (Å²) in [6.07, 6.45) is 4.47. The summed E-state index contributed by atoms with van der Waals surface area (Å²) >= 11 is 0. The molecule has 2 N–H and O–H groups in total. The molecule has 0 atom stereocenters. The molecule has 3 nitrogen and oxygen atoms in total. The summed E-state index contributed by atoms with van der Waals surface area (Å²) in [7, 11) is 0. The number of unbranched alkanes of at least 4 members (excludes halogenated alkanes) is 3. The van der Waals surface area contributed by atoms with Gasteiger partial charge in [-0.15, -0.1) is 12.4 Å². The van der Waals surface area contributed by atoms with Gasteiger partial charge in [0, 0.05) is 0 Å². The van der Waals surface area contributed by atoms with Crippen molar-refractivity contribution in [2.24, 2.45) is 5.73 Å². The lowest BCUT2D eigenvalue weighted by atomic mass is 10.2. The Hall–Kier alpha value is -1.71. The number of hydrogen-bond acceptors (Lipinski definition) is 3. The Labute approximate surface area is 145 Å². The highest BCUT2D eigenvalue weighted by molar-refractivity contribution is 5.85. The first kappa shape index (κ1) is 19.3. The zero-order valence-corrected chi connectivity index (χ0v) is 14.3. The van der Waals surface area contributed by atoms with Gasteiger partial charge in [0.15, 0.2) is 11.5 Å². The zero-order chi connectivity index (χ0) is 15.5. The molecule has 0 heterocycles. The summed E-state index contributed by atoms with van der Waals surface area (Å²) in [5.41, 5.74) is 6.64. The maximum absolute atomic E-state index is 5.88. The van der Waals surface area contributed by atoms with Crippen LogP contribution in [0.5, 0.6) is 11.5 Å². The van der Waals surface area contributed by atoms with Crippen LogP contribution >= 0.6 is 12.4 Å². The summed E-state index contributed by atoms with van der Waals surface area (Å²) in [5.74, 6) is 1.62. The van der Waals surface area contributed by atoms with Crippen molar-refractivity contribution >= 4 is 12.4 Å². The van der Waals surface area contributed by atoms with E-state index in [0.717, 1.165) is 49.5 Å². The third-order valence-corrected chi connectivity index (χ3v) is 3.44. The summed E-state index contributed by atoms with van der Waals surface area (Å²) in [6, 6.07) is 18.0. The number of benzene rings is 2. The van der Waals surface area contributed by atoms with Crippen LogP contribution in [0.4, 0.5) is 0 Å². The molecule has 2 rings (SSSR count). The van der Waals surface area contributed by atoms with E-state index in [1.807, 2.05) is 42.5 Å². The summed E-state index contributed by atoms with van der Waals surface area (Å²) in [4.78, 5) is 0. The minimum absolute atomic E-state index is 0. The van der Waals surface area contributed by atoms with E-state index in [1.165, 1.54) is 6.42 Å². The molecule has 0 aliphatic heterocycles. The molecule has 23 heavy (non-hydrogen) atoms. The van der Waals surface area contributed by atoms with E-state index in [1.54, 1.807) is 0 Å². The van der Waals surface area contributed by atoms with Crippen molar-refractivity contribution in [2.45, 2.75) is 32.3 Å². The molecule has 0 aliphatic carbocycles. The highest BCUT2D eigenvalue weighted by Crippen LogP contribution is 2.27. The number of halogens is 1. The first-order chi connectivity index (χ1) is 10.9. The van der Waals surface area contributed by atoms with Gasteiger partial charge in [0.05, 0.1) is 6.61 Å². The largest absolute Gasteiger partial charge is 0.490 e. The molecule has 2 aromatic rings. The Bertz CT molecular complexity index is 534. The highest BCUT2D eigenvalue weighted by atomic mass is 35.5. The van der Waals surface area contributed by atoms with Gasteiger partial charge >= 0.3 is 0 Å². The Balaban J connectivity index is 0.00000264. The fraction of sp³-hybridized carbons (Fsp3) is 0.368. The Morgan fingerprint density at radius 2 is 1.30 bits per heavy atom. The van der Waals surface area contributed by atoms with E-state index in [2.05, 4.69) is 12.1 Å². The van der Waals surface area contributed by atoms with Crippen molar-refractivity contribution in [3.8, 4) is 11.5 Å². The lowest BCUT2D eigenvalue weighted by Crippen LogP contribution is -2.02. The molecule has 4 heteroatoms. The molecule has 0 spiro atoms. The highest BCUT2D eigenvalue weighted by Gasteiger charge is 2.04. The average molecular weight is 336 g/mol. The molecule has 0 amide bonds. The van der Waals surface area contributed by atoms with Crippen molar-refractivity contribution < 1.29 is 9.47 Å². The Morgan fingerprint density at radius 3 is 2.00 bits per heavy atom. The third kappa shape index (κ3) is 7.40. The van der Waals surface area contributed by atoms with Crippen LogP contribution in [-0.2, 0) is 6.61 Å². The van der Waals surface area contributed by atoms with E-state index in [4.69, 9.17) is 15.2 Å². The van der Waals surface area contributed by atoms with Gasteiger partial charge in [-0.05, 0) is 37.1 Å². The molecular weight excluding hydrogens is 310 g/mol. The van der Waals surface area contributed by atoms with Crippen molar-refractivity contribution in [2.75, 3.05) is 13.2 Å². The molecule has 0 saturated heterocycles. The smallest absolute Gasteiger partial charge is 0.161 e. The predicted octanol–water partition coefficient (Wildman–Crippen LogP) is 4.59. The second kappa shape index (κ2) is 11.8. The van der Waals surface area contributed by atoms with Gasteiger partial charge in [0.1, 0.15) is 6.61 Å². The van der Waals surface area contributed by atoms with Crippen molar-refractivity contribution in [1.82, 2.24) is 0 Å². The van der Waals surface area contributed by atoms with Crippen LogP contribution in [0.2, 0.25) is 0 Å². The standard InChI is InChI=1S/C19H25NO2.ClH/c20-14-8-1-2-9-15-21-18-12-6-7-13-19(18)22-16-17-10-4-3-5-11-17;/h3-7,10-13H,1-2,8-9,14-16,20H2;1H.